The lowest BCUT2D eigenvalue weighted by Crippen LogP contribution is -2.36. The molecule has 6 rings (SSSR count). The van der Waals surface area contributed by atoms with Crippen LogP contribution >= 0.6 is 0 Å². The maximum Gasteiger partial charge on any atom is 0.251 e. The van der Waals surface area contributed by atoms with Crippen LogP contribution in [0.4, 0.5) is 26.3 Å². The molecule has 0 fully saturated rings. The van der Waals surface area contributed by atoms with Crippen LogP contribution < -0.4 is 11.1 Å². The van der Waals surface area contributed by atoms with Gasteiger partial charge in [-0.25, -0.2) is 26.3 Å². The van der Waals surface area contributed by atoms with Crippen LogP contribution in [0.5, 0.6) is 0 Å². The van der Waals surface area contributed by atoms with Crippen LogP contribution in [0.15, 0.2) is 143 Å². The van der Waals surface area contributed by atoms with Crippen molar-refractivity contribution in [2.75, 3.05) is 0 Å². The summed E-state index contributed by atoms with van der Waals surface area (Å²) < 4.78 is 97.5. The standard InChI is InChI=1S/2C22H22F3NO2Si/c2*1-29(2,3)28-22(16-6-10-18(24)11-7-16)21(15-4-8-17(23)9-5-15)26-14-19(25)12-13-20(26)27/h2*4-14,21-22H,1-3H3/t2*21-,22-/m10/s1. The first kappa shape index (κ1) is 43.8. The van der Waals surface area contributed by atoms with Gasteiger partial charge in [0.15, 0.2) is 16.6 Å². The Kier molecular flexibility index (Phi) is 14.0. The van der Waals surface area contributed by atoms with E-state index >= 15 is 0 Å². The Hall–Kier alpha value is -5.29. The zero-order valence-electron chi connectivity index (χ0n) is 32.8. The van der Waals surface area contributed by atoms with Gasteiger partial charge >= 0.3 is 0 Å². The Morgan fingerprint density at radius 3 is 0.879 bits per heavy atom. The van der Waals surface area contributed by atoms with Crippen molar-refractivity contribution in [3.63, 3.8) is 0 Å². The van der Waals surface area contributed by atoms with Gasteiger partial charge in [0.05, 0.1) is 24.3 Å². The monoisotopic (exact) mass is 834 g/mol. The lowest BCUT2D eigenvalue weighted by Gasteiger charge is -2.34. The lowest BCUT2D eigenvalue weighted by molar-refractivity contribution is 0.147. The van der Waals surface area contributed by atoms with Crippen LogP contribution in [0.2, 0.25) is 39.3 Å². The van der Waals surface area contributed by atoms with Gasteiger partial charge in [0, 0.05) is 24.5 Å². The topological polar surface area (TPSA) is 62.5 Å². The molecule has 6 aromatic rings. The van der Waals surface area contributed by atoms with Crippen molar-refractivity contribution in [3.8, 4) is 0 Å². The summed E-state index contributed by atoms with van der Waals surface area (Å²) in [5, 5.41) is 0. The number of halogens is 6. The number of pyridine rings is 2. The molecule has 4 atom stereocenters. The smallest absolute Gasteiger partial charge is 0.251 e. The number of rotatable bonds is 12. The van der Waals surface area contributed by atoms with E-state index in [2.05, 4.69) is 0 Å². The Morgan fingerprint density at radius 1 is 0.379 bits per heavy atom. The van der Waals surface area contributed by atoms with Gasteiger partial charge in [-0.1, -0.05) is 48.5 Å². The molecule has 0 saturated heterocycles. The molecule has 0 saturated carbocycles. The first-order valence-electron chi connectivity index (χ1n) is 18.4. The summed E-state index contributed by atoms with van der Waals surface area (Å²) in [7, 11) is -4.33. The lowest BCUT2D eigenvalue weighted by atomic mass is 9.95. The van der Waals surface area contributed by atoms with Gasteiger partial charge in [-0.15, -0.1) is 0 Å². The molecule has 0 spiro atoms. The van der Waals surface area contributed by atoms with Crippen molar-refractivity contribution in [3.05, 3.63) is 212 Å². The highest BCUT2D eigenvalue weighted by molar-refractivity contribution is 6.70. The van der Waals surface area contributed by atoms with E-state index in [1.54, 1.807) is 48.5 Å². The minimum absolute atomic E-state index is 0.401. The van der Waals surface area contributed by atoms with E-state index in [-0.39, 0.29) is 0 Å². The Balaban J connectivity index is 0.000000221. The summed E-state index contributed by atoms with van der Waals surface area (Å²) in [4.78, 5) is 25.3. The second kappa shape index (κ2) is 18.5. The summed E-state index contributed by atoms with van der Waals surface area (Å²) >= 11 is 0. The molecule has 2 aromatic heterocycles. The minimum Gasteiger partial charge on any atom is -0.408 e. The van der Waals surface area contributed by atoms with Gasteiger partial charge in [0.1, 0.15) is 34.9 Å². The number of hydrogen-bond acceptors (Lipinski definition) is 4. The van der Waals surface area contributed by atoms with E-state index in [9.17, 15) is 35.9 Å². The molecule has 2 heterocycles. The van der Waals surface area contributed by atoms with Crippen LogP contribution in [-0.4, -0.2) is 25.8 Å². The van der Waals surface area contributed by atoms with Crippen molar-refractivity contribution < 1.29 is 35.2 Å². The molecule has 14 heteroatoms. The Bertz CT molecular complexity index is 2230. The van der Waals surface area contributed by atoms with Crippen LogP contribution in [0.1, 0.15) is 46.5 Å². The number of nitrogens with zero attached hydrogens (tertiary/aromatic N) is 2. The summed E-state index contributed by atoms with van der Waals surface area (Å²) in [5.74, 6) is -2.82. The van der Waals surface area contributed by atoms with Crippen molar-refractivity contribution >= 4 is 16.6 Å². The van der Waals surface area contributed by atoms with Crippen molar-refractivity contribution in [1.82, 2.24) is 9.13 Å². The molecular weight excluding hydrogens is 791 g/mol. The molecule has 0 radical (unpaired) electrons. The number of hydrogen-bond donors (Lipinski definition) is 0. The highest BCUT2D eigenvalue weighted by atomic mass is 28.4. The van der Waals surface area contributed by atoms with Gasteiger partial charge in [-0.2, -0.15) is 0 Å². The molecule has 304 valence electrons. The molecule has 0 unspecified atom stereocenters. The molecule has 0 aliphatic carbocycles. The fraction of sp³-hybridized carbons (Fsp3) is 0.227. The number of aromatic nitrogens is 2. The maximum atomic E-state index is 14.0. The van der Waals surface area contributed by atoms with E-state index < -0.39 is 86.9 Å². The predicted molar refractivity (Wildman–Crippen MR) is 218 cm³/mol. The zero-order valence-corrected chi connectivity index (χ0v) is 34.8. The Morgan fingerprint density at radius 2 is 0.621 bits per heavy atom. The third kappa shape index (κ3) is 11.9. The molecule has 0 aliphatic heterocycles. The largest absolute Gasteiger partial charge is 0.408 e. The van der Waals surface area contributed by atoms with E-state index in [1.807, 2.05) is 39.3 Å². The molecule has 0 bridgehead atoms. The molecule has 58 heavy (non-hydrogen) atoms. The second-order valence-corrected chi connectivity index (χ2v) is 24.5. The third-order valence-electron chi connectivity index (χ3n) is 8.76. The average molecular weight is 835 g/mol. The highest BCUT2D eigenvalue weighted by Gasteiger charge is 2.34. The molecular formula is C44H44F6N2O4Si2. The molecule has 0 aliphatic rings. The summed E-state index contributed by atoms with van der Waals surface area (Å²) in [6.07, 6.45) is 0.820. The van der Waals surface area contributed by atoms with E-state index in [1.165, 1.54) is 57.7 Å². The molecule has 6 nitrogen and oxygen atoms in total. The zero-order chi connectivity index (χ0) is 42.4. The third-order valence-corrected chi connectivity index (χ3v) is 10.7. The quantitative estimate of drug-likeness (QED) is 0.0910. The summed E-state index contributed by atoms with van der Waals surface area (Å²) in [5.41, 5.74) is 1.58. The SMILES string of the molecule is C[Si](C)(C)O[C@@H](c1ccc(F)cc1)[C@H](c1ccc(F)cc1)n1cc(F)ccc1=O.C[Si](C)(C)O[C@H](c1ccc(F)cc1)[C@@H](c1ccc(F)cc1)n1cc(F)ccc1=O. The molecule has 4 aromatic carbocycles. The minimum atomic E-state index is -2.16. The Labute approximate surface area is 335 Å². The molecule has 0 N–H and O–H groups in total. The van der Waals surface area contributed by atoms with Crippen LogP contribution in [0.25, 0.3) is 0 Å². The van der Waals surface area contributed by atoms with E-state index in [4.69, 9.17) is 8.85 Å². The normalized spacial score (nSPS) is 13.9. The maximum absolute atomic E-state index is 14.0. The van der Waals surface area contributed by atoms with Crippen LogP contribution in [0, 0.1) is 34.9 Å². The number of benzene rings is 4. The first-order valence-corrected chi connectivity index (χ1v) is 25.2. The van der Waals surface area contributed by atoms with E-state index in [0.29, 0.717) is 22.3 Å². The first-order chi connectivity index (χ1) is 27.3. The molecule has 0 amide bonds. The fourth-order valence-electron chi connectivity index (χ4n) is 6.37. The van der Waals surface area contributed by atoms with Crippen LogP contribution in [-0.2, 0) is 8.85 Å². The second-order valence-electron chi connectivity index (χ2n) is 15.6. The summed E-state index contributed by atoms with van der Waals surface area (Å²) in [6.45, 7) is 11.9. The van der Waals surface area contributed by atoms with Gasteiger partial charge < -0.3 is 18.0 Å². The van der Waals surface area contributed by atoms with Gasteiger partial charge in [-0.3, -0.25) is 9.59 Å². The highest BCUT2D eigenvalue weighted by Crippen LogP contribution is 2.39. The summed E-state index contributed by atoms with van der Waals surface area (Å²) in [6, 6.07) is 25.8. The average Bonchev–Trinajstić information content (AvgIpc) is 3.15. The van der Waals surface area contributed by atoms with E-state index in [0.717, 1.165) is 36.7 Å². The predicted octanol–water partition coefficient (Wildman–Crippen LogP) is 10.9. The van der Waals surface area contributed by atoms with Gasteiger partial charge in [0.2, 0.25) is 0 Å². The van der Waals surface area contributed by atoms with Crippen molar-refractivity contribution in [1.29, 1.82) is 0 Å². The van der Waals surface area contributed by atoms with Crippen molar-refractivity contribution in [2.45, 2.75) is 63.6 Å². The fourth-order valence-corrected chi connectivity index (χ4v) is 8.42. The van der Waals surface area contributed by atoms with Crippen LogP contribution in [0.3, 0.4) is 0 Å². The van der Waals surface area contributed by atoms with Gasteiger partial charge in [0.25, 0.3) is 11.1 Å². The van der Waals surface area contributed by atoms with Crippen molar-refractivity contribution in [2.24, 2.45) is 0 Å². The van der Waals surface area contributed by atoms with Gasteiger partial charge in [-0.05, 0) is 122 Å².